The van der Waals surface area contributed by atoms with Gasteiger partial charge in [-0.05, 0) is 30.7 Å². The van der Waals surface area contributed by atoms with E-state index in [2.05, 4.69) is 10.6 Å². The summed E-state index contributed by atoms with van der Waals surface area (Å²) < 4.78 is 5.15. The number of para-hydroxylation sites is 2. The summed E-state index contributed by atoms with van der Waals surface area (Å²) in [7, 11) is 1.52. The predicted molar refractivity (Wildman–Crippen MR) is 89.8 cm³/mol. The van der Waals surface area contributed by atoms with Gasteiger partial charge in [0, 0.05) is 18.7 Å². The monoisotopic (exact) mass is 312 g/mol. The number of amides is 2. The largest absolute Gasteiger partial charge is 0.496 e. The Bertz CT molecular complexity index is 698. The Morgan fingerprint density at radius 3 is 2.48 bits per heavy atom. The van der Waals surface area contributed by atoms with Crippen LogP contribution in [-0.2, 0) is 4.79 Å². The molecule has 0 fully saturated rings. The molecule has 0 saturated heterocycles. The maximum absolute atomic E-state index is 12.1. The van der Waals surface area contributed by atoms with Crippen molar-refractivity contribution in [3.8, 4) is 5.75 Å². The smallest absolute Gasteiger partial charge is 0.255 e. The maximum Gasteiger partial charge on any atom is 0.255 e. The Hall–Kier alpha value is -2.82. The van der Waals surface area contributed by atoms with Gasteiger partial charge in [-0.25, -0.2) is 0 Å². The topological polar surface area (TPSA) is 67.4 Å². The average Bonchev–Trinajstić information content (AvgIpc) is 2.56. The molecule has 2 aromatic carbocycles. The van der Waals surface area contributed by atoms with Gasteiger partial charge in [-0.15, -0.1) is 0 Å². The van der Waals surface area contributed by atoms with E-state index in [4.69, 9.17) is 4.74 Å². The third-order valence-corrected chi connectivity index (χ3v) is 3.41. The molecule has 2 aromatic rings. The van der Waals surface area contributed by atoms with Crippen molar-refractivity contribution in [3.63, 3.8) is 0 Å². The van der Waals surface area contributed by atoms with E-state index in [1.165, 1.54) is 7.11 Å². The normalized spacial score (nSPS) is 10.0. The van der Waals surface area contributed by atoms with Gasteiger partial charge in [-0.2, -0.15) is 0 Å². The third-order valence-electron chi connectivity index (χ3n) is 3.41. The highest BCUT2D eigenvalue weighted by atomic mass is 16.5. The van der Waals surface area contributed by atoms with Gasteiger partial charge >= 0.3 is 0 Å². The number of aryl methyl sites for hydroxylation is 1. The van der Waals surface area contributed by atoms with Gasteiger partial charge in [-0.3, -0.25) is 9.59 Å². The standard InChI is InChI=1S/C18H20N2O3/c1-13-7-3-5-9-15(13)20-17(21)11-12-19-18(22)14-8-4-6-10-16(14)23-2/h3-10H,11-12H2,1-2H3,(H,19,22)(H,20,21). The van der Waals surface area contributed by atoms with Gasteiger partial charge in [-0.1, -0.05) is 30.3 Å². The molecule has 2 N–H and O–H groups in total. The SMILES string of the molecule is COc1ccccc1C(=O)NCCC(=O)Nc1ccccc1C. The number of nitrogens with one attached hydrogen (secondary N) is 2. The number of methoxy groups -OCH3 is 1. The van der Waals surface area contributed by atoms with Crippen molar-refractivity contribution < 1.29 is 14.3 Å². The first-order valence-electron chi connectivity index (χ1n) is 7.38. The number of carbonyl (C=O) groups excluding carboxylic acids is 2. The van der Waals surface area contributed by atoms with Crippen molar-refractivity contribution in [2.75, 3.05) is 19.0 Å². The van der Waals surface area contributed by atoms with E-state index in [0.29, 0.717) is 11.3 Å². The molecule has 0 aliphatic carbocycles. The van der Waals surface area contributed by atoms with Crippen LogP contribution in [0.4, 0.5) is 5.69 Å². The van der Waals surface area contributed by atoms with E-state index >= 15 is 0 Å². The minimum atomic E-state index is -0.258. The molecule has 2 rings (SSSR count). The summed E-state index contributed by atoms with van der Waals surface area (Å²) in [5, 5.41) is 5.56. The van der Waals surface area contributed by atoms with Crippen molar-refractivity contribution in [3.05, 3.63) is 59.7 Å². The molecular weight excluding hydrogens is 292 g/mol. The molecule has 5 nitrogen and oxygen atoms in total. The molecule has 0 atom stereocenters. The van der Waals surface area contributed by atoms with Crippen molar-refractivity contribution in [1.29, 1.82) is 0 Å². The van der Waals surface area contributed by atoms with Crippen LogP contribution in [-0.4, -0.2) is 25.5 Å². The summed E-state index contributed by atoms with van der Waals surface area (Å²) in [4.78, 5) is 24.0. The summed E-state index contributed by atoms with van der Waals surface area (Å²) in [6.07, 6.45) is 0.204. The second-order valence-electron chi connectivity index (χ2n) is 5.07. The Morgan fingerprint density at radius 2 is 1.74 bits per heavy atom. The lowest BCUT2D eigenvalue weighted by Gasteiger charge is -2.10. The lowest BCUT2D eigenvalue weighted by atomic mass is 10.2. The molecule has 0 unspecified atom stereocenters. The van der Waals surface area contributed by atoms with Crippen LogP contribution in [0, 0.1) is 6.92 Å². The molecule has 0 bridgehead atoms. The fourth-order valence-corrected chi connectivity index (χ4v) is 2.14. The summed E-state index contributed by atoms with van der Waals surface area (Å²) >= 11 is 0. The van der Waals surface area contributed by atoms with E-state index in [-0.39, 0.29) is 24.8 Å². The van der Waals surface area contributed by atoms with Crippen LogP contribution in [0.1, 0.15) is 22.3 Å². The van der Waals surface area contributed by atoms with Crippen molar-refractivity contribution in [2.24, 2.45) is 0 Å². The zero-order chi connectivity index (χ0) is 16.7. The van der Waals surface area contributed by atoms with E-state index in [1.54, 1.807) is 24.3 Å². The molecule has 23 heavy (non-hydrogen) atoms. The zero-order valence-corrected chi connectivity index (χ0v) is 13.3. The Morgan fingerprint density at radius 1 is 1.04 bits per heavy atom. The highest BCUT2D eigenvalue weighted by Gasteiger charge is 2.11. The van der Waals surface area contributed by atoms with Crippen molar-refractivity contribution in [2.45, 2.75) is 13.3 Å². The van der Waals surface area contributed by atoms with Crippen molar-refractivity contribution >= 4 is 17.5 Å². The maximum atomic E-state index is 12.1. The second kappa shape index (κ2) is 7.98. The van der Waals surface area contributed by atoms with Gasteiger partial charge in [0.25, 0.3) is 5.91 Å². The summed E-state index contributed by atoms with van der Waals surface area (Å²) in [6, 6.07) is 14.5. The number of carbonyl (C=O) groups is 2. The third kappa shape index (κ3) is 4.57. The van der Waals surface area contributed by atoms with Crippen LogP contribution < -0.4 is 15.4 Å². The molecule has 0 aliphatic heterocycles. The highest BCUT2D eigenvalue weighted by Crippen LogP contribution is 2.17. The Balaban J connectivity index is 1.84. The van der Waals surface area contributed by atoms with Gasteiger partial charge < -0.3 is 15.4 Å². The molecule has 0 radical (unpaired) electrons. The highest BCUT2D eigenvalue weighted by molar-refractivity contribution is 5.97. The summed E-state index contributed by atoms with van der Waals surface area (Å²) in [6.45, 7) is 2.19. The first kappa shape index (κ1) is 16.5. The molecule has 120 valence electrons. The van der Waals surface area contributed by atoms with Crippen LogP contribution in [0.25, 0.3) is 0 Å². The molecule has 0 spiro atoms. The van der Waals surface area contributed by atoms with Gasteiger partial charge in [0.05, 0.1) is 12.7 Å². The molecule has 0 saturated carbocycles. The Kier molecular flexibility index (Phi) is 5.74. The predicted octanol–water partition coefficient (Wildman–Crippen LogP) is 2.76. The van der Waals surface area contributed by atoms with E-state index in [9.17, 15) is 9.59 Å². The molecule has 0 aromatic heterocycles. The van der Waals surface area contributed by atoms with Crippen LogP contribution in [0.15, 0.2) is 48.5 Å². The number of anilines is 1. The van der Waals surface area contributed by atoms with E-state index in [1.807, 2.05) is 31.2 Å². The van der Waals surface area contributed by atoms with E-state index in [0.717, 1.165) is 11.3 Å². The molecule has 2 amide bonds. The van der Waals surface area contributed by atoms with Crippen molar-refractivity contribution in [1.82, 2.24) is 5.32 Å². The number of benzene rings is 2. The fraction of sp³-hybridized carbons (Fsp3) is 0.222. The zero-order valence-electron chi connectivity index (χ0n) is 13.3. The summed E-state index contributed by atoms with van der Waals surface area (Å²) in [5.74, 6) is 0.111. The fourth-order valence-electron chi connectivity index (χ4n) is 2.14. The first-order chi connectivity index (χ1) is 11.1. The van der Waals surface area contributed by atoms with Crippen LogP contribution in [0.5, 0.6) is 5.75 Å². The molecular formula is C18H20N2O3. The van der Waals surface area contributed by atoms with Crippen LogP contribution in [0.3, 0.4) is 0 Å². The number of rotatable bonds is 6. The second-order valence-corrected chi connectivity index (χ2v) is 5.07. The van der Waals surface area contributed by atoms with Crippen LogP contribution in [0.2, 0.25) is 0 Å². The average molecular weight is 312 g/mol. The van der Waals surface area contributed by atoms with Gasteiger partial charge in [0.1, 0.15) is 5.75 Å². The molecule has 5 heteroatoms. The summed E-state index contributed by atoms with van der Waals surface area (Å²) in [5.41, 5.74) is 2.24. The number of hydrogen-bond donors (Lipinski definition) is 2. The van der Waals surface area contributed by atoms with E-state index < -0.39 is 0 Å². The number of hydrogen-bond acceptors (Lipinski definition) is 3. The lowest BCUT2D eigenvalue weighted by molar-refractivity contribution is -0.116. The minimum Gasteiger partial charge on any atom is -0.496 e. The molecule has 0 heterocycles. The Labute approximate surface area is 135 Å². The van der Waals surface area contributed by atoms with Gasteiger partial charge in [0.2, 0.25) is 5.91 Å². The van der Waals surface area contributed by atoms with Crippen LogP contribution >= 0.6 is 0 Å². The minimum absolute atomic E-state index is 0.139. The molecule has 0 aliphatic rings. The first-order valence-corrected chi connectivity index (χ1v) is 7.38. The quantitative estimate of drug-likeness (QED) is 0.862. The lowest BCUT2D eigenvalue weighted by Crippen LogP contribution is -2.28. The van der Waals surface area contributed by atoms with Gasteiger partial charge in [0.15, 0.2) is 0 Å². The number of ether oxygens (including phenoxy) is 1.